The lowest BCUT2D eigenvalue weighted by atomic mass is 10.1. The van der Waals surface area contributed by atoms with Crippen LogP contribution in [0.5, 0.6) is 5.75 Å². The Morgan fingerprint density at radius 3 is 2.85 bits per heavy atom. The molecule has 0 saturated carbocycles. The van der Waals surface area contributed by atoms with Gasteiger partial charge in [-0.1, -0.05) is 6.07 Å². The highest BCUT2D eigenvalue weighted by Gasteiger charge is 2.14. The summed E-state index contributed by atoms with van der Waals surface area (Å²) in [5.74, 6) is -1.17. The minimum Gasteiger partial charge on any atom is -0.508 e. The number of aromatic hydroxyl groups is 1. The van der Waals surface area contributed by atoms with Crippen molar-refractivity contribution in [1.29, 1.82) is 0 Å². The Labute approximate surface area is 123 Å². The van der Waals surface area contributed by atoms with E-state index in [1.165, 1.54) is 18.2 Å². The molecule has 0 saturated heterocycles. The molecule has 0 spiro atoms. The molecule has 20 heavy (non-hydrogen) atoms. The fourth-order valence-corrected chi connectivity index (χ4v) is 2.06. The van der Waals surface area contributed by atoms with Gasteiger partial charge in [-0.2, -0.15) is 0 Å². The van der Waals surface area contributed by atoms with Gasteiger partial charge in [0.05, 0.1) is 10.0 Å². The highest BCUT2D eigenvalue weighted by atomic mass is 79.9. The third kappa shape index (κ3) is 3.08. The molecule has 0 heterocycles. The largest absolute Gasteiger partial charge is 0.508 e. The van der Waals surface area contributed by atoms with E-state index in [1.54, 1.807) is 18.2 Å². The molecule has 4 nitrogen and oxygen atoms in total. The third-order valence-electron chi connectivity index (χ3n) is 2.74. The van der Waals surface area contributed by atoms with Crippen LogP contribution in [0.3, 0.4) is 0 Å². The number of rotatable bonds is 3. The molecule has 0 radical (unpaired) electrons. The van der Waals surface area contributed by atoms with Crippen LogP contribution < -0.4 is 11.1 Å². The van der Waals surface area contributed by atoms with Crippen LogP contribution in [-0.4, -0.2) is 11.0 Å². The maximum absolute atomic E-state index is 13.7. The summed E-state index contributed by atoms with van der Waals surface area (Å²) in [6, 6.07) is 9.00. The topological polar surface area (TPSA) is 75.3 Å². The molecule has 0 bridgehead atoms. The number of amides is 1. The standard InChI is InChI=1S/C14H12BrFN2O2/c15-11-3-1-2-10(13(11)16)14(20)18-7-8-6-9(17)4-5-12(8)19/h1-6,19H,7,17H2,(H,18,20). The number of carbonyl (C=O) groups excluding carboxylic acids is 1. The number of benzene rings is 2. The van der Waals surface area contributed by atoms with Crippen molar-refractivity contribution in [2.45, 2.75) is 6.54 Å². The number of anilines is 1. The SMILES string of the molecule is Nc1ccc(O)c(CNC(=O)c2cccc(Br)c2F)c1. The van der Waals surface area contributed by atoms with Gasteiger partial charge in [0.1, 0.15) is 11.6 Å². The molecule has 4 N–H and O–H groups in total. The maximum atomic E-state index is 13.7. The van der Waals surface area contributed by atoms with E-state index in [9.17, 15) is 14.3 Å². The minimum absolute atomic E-state index is 0.0224. The number of nitrogens with two attached hydrogens (primary N) is 1. The molecule has 2 rings (SSSR count). The van der Waals surface area contributed by atoms with Crippen LogP contribution in [0.1, 0.15) is 15.9 Å². The molecule has 6 heteroatoms. The fourth-order valence-electron chi connectivity index (χ4n) is 1.70. The van der Waals surface area contributed by atoms with Gasteiger partial charge in [0.2, 0.25) is 0 Å². The van der Waals surface area contributed by atoms with Gasteiger partial charge in [-0.05, 0) is 46.3 Å². The summed E-state index contributed by atoms with van der Waals surface area (Å²) in [6.45, 7) is 0.0572. The van der Waals surface area contributed by atoms with Crippen LogP contribution >= 0.6 is 15.9 Å². The van der Waals surface area contributed by atoms with Crippen molar-refractivity contribution in [2.24, 2.45) is 0 Å². The molecule has 0 aliphatic carbocycles. The monoisotopic (exact) mass is 338 g/mol. The first-order chi connectivity index (χ1) is 9.49. The summed E-state index contributed by atoms with van der Waals surface area (Å²) < 4.78 is 14.0. The van der Waals surface area contributed by atoms with Crippen LogP contribution in [0.2, 0.25) is 0 Å². The lowest BCUT2D eigenvalue weighted by Crippen LogP contribution is -2.24. The van der Waals surface area contributed by atoms with Gasteiger partial charge in [0.15, 0.2) is 0 Å². The van der Waals surface area contributed by atoms with Crippen molar-refractivity contribution in [3.05, 3.63) is 57.8 Å². The van der Waals surface area contributed by atoms with E-state index in [0.717, 1.165) is 0 Å². The van der Waals surface area contributed by atoms with Crippen LogP contribution in [0, 0.1) is 5.82 Å². The van der Waals surface area contributed by atoms with Crippen LogP contribution in [-0.2, 0) is 6.54 Å². The molecule has 0 unspecified atom stereocenters. The molecule has 0 fully saturated rings. The molecular formula is C14H12BrFN2O2. The van der Waals surface area contributed by atoms with E-state index in [1.807, 2.05) is 0 Å². The predicted molar refractivity (Wildman–Crippen MR) is 77.8 cm³/mol. The number of hydrogen-bond donors (Lipinski definition) is 3. The van der Waals surface area contributed by atoms with Crippen LogP contribution in [0.15, 0.2) is 40.9 Å². The number of phenols is 1. The third-order valence-corrected chi connectivity index (χ3v) is 3.35. The first-order valence-corrected chi connectivity index (χ1v) is 6.58. The lowest BCUT2D eigenvalue weighted by molar-refractivity contribution is 0.0946. The molecule has 0 aliphatic heterocycles. The van der Waals surface area contributed by atoms with E-state index >= 15 is 0 Å². The van der Waals surface area contributed by atoms with Crippen molar-refractivity contribution >= 4 is 27.5 Å². The van der Waals surface area contributed by atoms with Crippen molar-refractivity contribution in [3.63, 3.8) is 0 Å². The lowest BCUT2D eigenvalue weighted by Gasteiger charge is -2.09. The van der Waals surface area contributed by atoms with Gasteiger partial charge < -0.3 is 16.2 Å². The van der Waals surface area contributed by atoms with Crippen molar-refractivity contribution < 1.29 is 14.3 Å². The van der Waals surface area contributed by atoms with Crippen LogP contribution in [0.4, 0.5) is 10.1 Å². The Morgan fingerprint density at radius 2 is 2.10 bits per heavy atom. The molecule has 0 aromatic heterocycles. The predicted octanol–water partition coefficient (Wildman–Crippen LogP) is 2.81. The van der Waals surface area contributed by atoms with Gasteiger partial charge in [0, 0.05) is 17.8 Å². The second-order valence-electron chi connectivity index (χ2n) is 4.17. The molecular weight excluding hydrogens is 327 g/mol. The number of nitrogens with one attached hydrogen (secondary N) is 1. The number of halogens is 2. The first-order valence-electron chi connectivity index (χ1n) is 5.78. The molecule has 2 aromatic carbocycles. The Balaban J connectivity index is 2.13. The zero-order valence-corrected chi connectivity index (χ0v) is 11.9. The van der Waals surface area contributed by atoms with Crippen molar-refractivity contribution in [2.75, 3.05) is 5.73 Å². The van der Waals surface area contributed by atoms with Gasteiger partial charge in [-0.25, -0.2) is 4.39 Å². The normalized spacial score (nSPS) is 10.3. The van der Waals surface area contributed by atoms with E-state index < -0.39 is 11.7 Å². The van der Waals surface area contributed by atoms with Gasteiger partial charge >= 0.3 is 0 Å². The molecule has 0 atom stereocenters. The number of nitrogen functional groups attached to an aromatic ring is 1. The molecule has 0 aliphatic rings. The Hall–Kier alpha value is -2.08. The Morgan fingerprint density at radius 1 is 1.35 bits per heavy atom. The number of carbonyl (C=O) groups is 1. The van der Waals surface area contributed by atoms with E-state index in [-0.39, 0.29) is 22.3 Å². The summed E-state index contributed by atoms with van der Waals surface area (Å²) in [7, 11) is 0. The quantitative estimate of drug-likeness (QED) is 0.595. The molecule has 1 amide bonds. The summed E-state index contributed by atoms with van der Waals surface area (Å²) in [6.07, 6.45) is 0. The summed E-state index contributed by atoms with van der Waals surface area (Å²) in [5, 5.41) is 12.2. The first kappa shape index (κ1) is 14.3. The van der Waals surface area contributed by atoms with Gasteiger partial charge in [-0.3, -0.25) is 4.79 Å². The minimum atomic E-state index is -0.623. The zero-order chi connectivity index (χ0) is 14.7. The maximum Gasteiger partial charge on any atom is 0.254 e. The average Bonchev–Trinajstić information content (AvgIpc) is 2.42. The van der Waals surface area contributed by atoms with E-state index in [2.05, 4.69) is 21.2 Å². The molecule has 2 aromatic rings. The Bertz CT molecular complexity index is 662. The second kappa shape index (κ2) is 5.92. The van der Waals surface area contributed by atoms with Gasteiger partial charge in [-0.15, -0.1) is 0 Å². The van der Waals surface area contributed by atoms with E-state index in [0.29, 0.717) is 11.3 Å². The average molecular weight is 339 g/mol. The highest BCUT2D eigenvalue weighted by molar-refractivity contribution is 9.10. The molecule has 104 valence electrons. The van der Waals surface area contributed by atoms with Crippen molar-refractivity contribution in [3.8, 4) is 5.75 Å². The summed E-state index contributed by atoms with van der Waals surface area (Å²) >= 11 is 3.02. The Kier molecular flexibility index (Phi) is 4.24. The highest BCUT2D eigenvalue weighted by Crippen LogP contribution is 2.21. The smallest absolute Gasteiger partial charge is 0.254 e. The van der Waals surface area contributed by atoms with Crippen LogP contribution in [0.25, 0.3) is 0 Å². The van der Waals surface area contributed by atoms with Gasteiger partial charge in [0.25, 0.3) is 5.91 Å². The van der Waals surface area contributed by atoms with E-state index in [4.69, 9.17) is 5.73 Å². The number of hydrogen-bond acceptors (Lipinski definition) is 3. The fraction of sp³-hybridized carbons (Fsp3) is 0.0714. The summed E-state index contributed by atoms with van der Waals surface area (Å²) in [5.41, 5.74) is 6.47. The second-order valence-corrected chi connectivity index (χ2v) is 5.03. The van der Waals surface area contributed by atoms with Crippen molar-refractivity contribution in [1.82, 2.24) is 5.32 Å². The summed E-state index contributed by atoms with van der Waals surface area (Å²) in [4.78, 5) is 11.9. The number of phenolic OH excluding ortho intramolecular Hbond substituents is 1. The zero-order valence-electron chi connectivity index (χ0n) is 10.4.